The van der Waals surface area contributed by atoms with E-state index in [0.29, 0.717) is 73.3 Å². The second-order valence-corrected chi connectivity index (χ2v) is 5.73. The molecule has 0 aliphatic carbocycles. The number of benzene rings is 1. The molecule has 1 aromatic carbocycles. The number of carbonyl (C=O) groups is 2. The van der Waals surface area contributed by atoms with Crippen LogP contribution in [-0.4, -0.2) is 49.0 Å². The van der Waals surface area contributed by atoms with Gasteiger partial charge in [0.15, 0.2) is 17.3 Å². The van der Waals surface area contributed by atoms with Gasteiger partial charge in [0.25, 0.3) is 6.47 Å². The Morgan fingerprint density at radius 1 is 1.00 bits per heavy atom. The summed E-state index contributed by atoms with van der Waals surface area (Å²) in [5.41, 5.74) is 0.570. The molecule has 154 valence electrons. The molecular weight excluding hydrogens is 372 g/mol. The lowest BCUT2D eigenvalue weighted by atomic mass is 10.0. The van der Waals surface area contributed by atoms with Gasteiger partial charge in [-0.15, -0.1) is 0 Å². The quantitative estimate of drug-likeness (QED) is 0.227. The molecule has 0 atom stereocenters. The van der Waals surface area contributed by atoms with Gasteiger partial charge in [-0.2, -0.15) is 0 Å². The summed E-state index contributed by atoms with van der Waals surface area (Å²) in [7, 11) is 0. The molecule has 7 nitrogen and oxygen atoms in total. The molecule has 0 radical (unpaired) electrons. The number of hydrogen-bond acceptors (Lipinski definition) is 8. The standard InChI is InChI=1S/C16H24O4.C3H6O3S/c1-5-9-13(17)12-10-15(19-7-3)16(20-8-4)11-14(12)18-6-2;4-3-6-1-2-7-5/h10-11H,5-9H2,1-4H3;3,5H,1-2H2. The first-order valence-corrected chi connectivity index (χ1v) is 9.94. The van der Waals surface area contributed by atoms with Gasteiger partial charge in [0.1, 0.15) is 12.4 Å². The molecule has 27 heavy (non-hydrogen) atoms. The summed E-state index contributed by atoms with van der Waals surface area (Å²) in [6, 6.07) is 3.48. The van der Waals surface area contributed by atoms with Crippen LogP contribution in [0.3, 0.4) is 0 Å². The summed E-state index contributed by atoms with van der Waals surface area (Å²) in [5, 5.41) is 0. The zero-order valence-electron chi connectivity index (χ0n) is 16.5. The van der Waals surface area contributed by atoms with E-state index in [2.05, 4.69) is 4.74 Å². The Morgan fingerprint density at radius 3 is 2.04 bits per heavy atom. The largest absolute Gasteiger partial charge is 0.493 e. The first-order chi connectivity index (χ1) is 13.1. The van der Waals surface area contributed by atoms with E-state index in [0.717, 1.165) is 6.42 Å². The van der Waals surface area contributed by atoms with E-state index in [1.54, 1.807) is 12.1 Å². The van der Waals surface area contributed by atoms with Gasteiger partial charge in [0.2, 0.25) is 0 Å². The SMILES string of the molecule is CCCC(=O)c1cc(OCC)c(OCC)cc1OCC.O=COCCSO. The van der Waals surface area contributed by atoms with Crippen LogP contribution in [0, 0.1) is 0 Å². The van der Waals surface area contributed by atoms with Crippen LogP contribution in [-0.2, 0) is 9.53 Å². The highest BCUT2D eigenvalue weighted by Gasteiger charge is 2.17. The van der Waals surface area contributed by atoms with Crippen molar-refractivity contribution in [1.82, 2.24) is 0 Å². The van der Waals surface area contributed by atoms with E-state index >= 15 is 0 Å². The Balaban J connectivity index is 0.000000821. The fraction of sp³-hybridized carbons (Fsp3) is 0.579. The molecule has 0 aliphatic heterocycles. The van der Waals surface area contributed by atoms with Crippen LogP contribution in [0.25, 0.3) is 0 Å². The van der Waals surface area contributed by atoms with Gasteiger partial charge in [-0.3, -0.25) is 9.59 Å². The van der Waals surface area contributed by atoms with Crippen molar-refractivity contribution in [2.24, 2.45) is 0 Å². The molecule has 0 saturated heterocycles. The van der Waals surface area contributed by atoms with E-state index < -0.39 is 0 Å². The van der Waals surface area contributed by atoms with Gasteiger partial charge in [-0.1, -0.05) is 6.92 Å². The first kappa shape index (κ1) is 25.1. The van der Waals surface area contributed by atoms with Gasteiger partial charge < -0.3 is 23.5 Å². The lowest BCUT2D eigenvalue weighted by Crippen LogP contribution is -2.07. The highest BCUT2D eigenvalue weighted by Crippen LogP contribution is 2.36. The molecular formula is C19H30O7S. The molecule has 0 unspecified atom stereocenters. The summed E-state index contributed by atoms with van der Waals surface area (Å²) in [5.74, 6) is 2.29. The molecule has 1 N–H and O–H groups in total. The number of ether oxygens (including phenoxy) is 4. The molecule has 0 aliphatic rings. The third-order valence-corrected chi connectivity index (χ3v) is 3.43. The van der Waals surface area contributed by atoms with Crippen molar-refractivity contribution in [3.8, 4) is 17.2 Å². The molecule has 0 aromatic heterocycles. The van der Waals surface area contributed by atoms with Crippen LogP contribution in [0.2, 0.25) is 0 Å². The lowest BCUT2D eigenvalue weighted by Gasteiger charge is -2.16. The molecule has 1 aromatic rings. The highest BCUT2D eigenvalue weighted by molar-refractivity contribution is 7.93. The summed E-state index contributed by atoms with van der Waals surface area (Å²) >= 11 is 0.658. The zero-order chi connectivity index (χ0) is 20.5. The third kappa shape index (κ3) is 10.1. The average Bonchev–Trinajstić information content (AvgIpc) is 2.65. The second kappa shape index (κ2) is 16.3. The molecule has 0 fully saturated rings. The van der Waals surface area contributed by atoms with E-state index in [1.165, 1.54) is 0 Å². The number of carbonyl (C=O) groups excluding carboxylic acids is 2. The van der Waals surface area contributed by atoms with Crippen molar-refractivity contribution >= 4 is 24.3 Å². The van der Waals surface area contributed by atoms with Crippen LogP contribution in [0.15, 0.2) is 12.1 Å². The highest BCUT2D eigenvalue weighted by atomic mass is 32.2. The van der Waals surface area contributed by atoms with E-state index in [1.807, 2.05) is 27.7 Å². The van der Waals surface area contributed by atoms with E-state index in [9.17, 15) is 9.59 Å². The topological polar surface area (TPSA) is 91.3 Å². The van der Waals surface area contributed by atoms with Crippen molar-refractivity contribution < 1.29 is 33.1 Å². The first-order valence-electron chi connectivity index (χ1n) is 9.00. The van der Waals surface area contributed by atoms with Gasteiger partial charge >= 0.3 is 0 Å². The van der Waals surface area contributed by atoms with Crippen molar-refractivity contribution in [2.45, 2.75) is 40.5 Å². The van der Waals surface area contributed by atoms with E-state index in [-0.39, 0.29) is 12.4 Å². The minimum Gasteiger partial charge on any atom is -0.493 e. The van der Waals surface area contributed by atoms with Crippen molar-refractivity contribution in [2.75, 3.05) is 32.2 Å². The maximum Gasteiger partial charge on any atom is 0.293 e. The van der Waals surface area contributed by atoms with Crippen LogP contribution < -0.4 is 14.2 Å². The molecule has 0 bridgehead atoms. The Bertz CT molecular complexity index is 549. The van der Waals surface area contributed by atoms with Gasteiger partial charge in [0.05, 0.1) is 31.1 Å². The van der Waals surface area contributed by atoms with Crippen LogP contribution in [0.1, 0.15) is 50.9 Å². The molecule has 0 spiro atoms. The molecule has 1 rings (SSSR count). The summed E-state index contributed by atoms with van der Waals surface area (Å²) < 4.78 is 28.9. The van der Waals surface area contributed by atoms with E-state index in [4.69, 9.17) is 18.8 Å². The summed E-state index contributed by atoms with van der Waals surface area (Å²) in [6.45, 7) is 9.89. The molecule has 8 heteroatoms. The van der Waals surface area contributed by atoms with Crippen LogP contribution in [0.4, 0.5) is 0 Å². The van der Waals surface area contributed by atoms with Crippen LogP contribution >= 0.6 is 12.0 Å². The van der Waals surface area contributed by atoms with Crippen molar-refractivity contribution in [3.05, 3.63) is 17.7 Å². The Hall–Kier alpha value is -1.93. The van der Waals surface area contributed by atoms with Crippen molar-refractivity contribution in [3.63, 3.8) is 0 Å². The summed E-state index contributed by atoms with van der Waals surface area (Å²) in [6.07, 6.45) is 1.31. The molecule has 0 amide bonds. The normalized spacial score (nSPS) is 9.67. The smallest absolute Gasteiger partial charge is 0.293 e. The number of rotatable bonds is 13. The fourth-order valence-electron chi connectivity index (χ4n) is 2.07. The third-order valence-electron chi connectivity index (χ3n) is 3.08. The lowest BCUT2D eigenvalue weighted by molar-refractivity contribution is -0.128. The van der Waals surface area contributed by atoms with Gasteiger partial charge in [-0.05, 0) is 45.3 Å². The maximum atomic E-state index is 12.2. The Kier molecular flexibility index (Phi) is 15.1. The molecule has 0 heterocycles. The van der Waals surface area contributed by atoms with Gasteiger partial charge in [0, 0.05) is 12.5 Å². The second-order valence-electron chi connectivity index (χ2n) is 5.07. The number of ketones is 1. The summed E-state index contributed by atoms with van der Waals surface area (Å²) in [4.78, 5) is 21.6. The zero-order valence-corrected chi connectivity index (χ0v) is 17.3. The van der Waals surface area contributed by atoms with Crippen LogP contribution in [0.5, 0.6) is 17.2 Å². The maximum absolute atomic E-state index is 12.2. The predicted molar refractivity (Wildman–Crippen MR) is 106 cm³/mol. The molecule has 0 saturated carbocycles. The predicted octanol–water partition coefficient (Wildman–Crippen LogP) is 4.23. The number of hydrogen-bond donors (Lipinski definition) is 1. The Morgan fingerprint density at radius 2 is 1.56 bits per heavy atom. The average molecular weight is 403 g/mol. The van der Waals surface area contributed by atoms with Crippen molar-refractivity contribution in [1.29, 1.82) is 0 Å². The number of Topliss-reactive ketones (excluding diaryl/α,β-unsaturated/α-hetero) is 1. The monoisotopic (exact) mass is 402 g/mol. The fourth-order valence-corrected chi connectivity index (χ4v) is 2.24. The Labute approximate surface area is 165 Å². The minimum absolute atomic E-state index is 0.0694. The minimum atomic E-state index is 0.0694. The van der Waals surface area contributed by atoms with Gasteiger partial charge in [-0.25, -0.2) is 0 Å².